The highest BCUT2D eigenvalue weighted by molar-refractivity contribution is 7.91. The van der Waals surface area contributed by atoms with Crippen LogP contribution in [0.1, 0.15) is 36.7 Å². The number of allylic oxidation sites excluding steroid dienone is 2. The number of rotatable bonds is 10. The van der Waals surface area contributed by atoms with Gasteiger partial charge in [-0.2, -0.15) is 0 Å². The molecule has 202 valence electrons. The molecule has 4 rings (SSSR count). The minimum absolute atomic E-state index is 0.0441. The predicted octanol–water partition coefficient (Wildman–Crippen LogP) is 2.32. The highest BCUT2D eigenvalue weighted by Gasteiger charge is 2.38. The van der Waals surface area contributed by atoms with E-state index in [0.29, 0.717) is 12.8 Å². The normalized spacial score (nSPS) is 15.9. The first kappa shape index (κ1) is 27.4. The van der Waals surface area contributed by atoms with Crippen molar-refractivity contribution in [2.45, 2.75) is 44.0 Å². The SMILES string of the molecule is C=C(F)/C(=C\C(CC)[NH+]([O-])O)Cn1c(C(=O)NS(=O)(=O)C2CC2)c(-c2ccc[nH]c2=O)c2cc(F)ccc21. The third-order valence-electron chi connectivity index (χ3n) is 6.36. The number of amides is 1. The van der Waals surface area contributed by atoms with Gasteiger partial charge < -0.3 is 14.8 Å². The zero-order valence-electron chi connectivity index (χ0n) is 20.3. The monoisotopic (exact) mass is 548 g/mol. The van der Waals surface area contributed by atoms with Crippen LogP contribution in [0.25, 0.3) is 22.0 Å². The Labute approximate surface area is 216 Å². The smallest absolute Gasteiger partial charge is 0.282 e. The molecule has 2 heterocycles. The Balaban J connectivity index is 2.02. The molecule has 2 atom stereocenters. The molecule has 2 unspecified atom stereocenters. The standard InChI is InChI=1S/C25H26F2N4O6S/c1-3-17(31(34)35)11-15(14(2)26)13-30-21-9-6-16(27)12-20(21)22(19-5-4-10-28-24(19)32)23(30)25(33)29-38(36,37)18-7-8-18/h4-6,9-12,17-18,31,34H,2-3,7-8,13H2,1H3,(H,28,32)(H,29,33)/b15-11-. The average Bonchev–Trinajstić information content (AvgIpc) is 3.66. The topological polar surface area (TPSA) is 149 Å². The number of carbonyl (C=O) groups is 1. The van der Waals surface area contributed by atoms with Crippen molar-refractivity contribution in [2.24, 2.45) is 0 Å². The van der Waals surface area contributed by atoms with Crippen LogP contribution in [0.4, 0.5) is 8.78 Å². The van der Waals surface area contributed by atoms with Crippen molar-refractivity contribution in [3.63, 3.8) is 0 Å². The van der Waals surface area contributed by atoms with Gasteiger partial charge in [0.05, 0.1) is 11.8 Å². The number of pyridine rings is 1. The lowest BCUT2D eigenvalue weighted by atomic mass is 10.0. The molecule has 1 aliphatic carbocycles. The van der Waals surface area contributed by atoms with E-state index in [1.165, 1.54) is 29.0 Å². The fourth-order valence-electron chi connectivity index (χ4n) is 4.26. The lowest BCUT2D eigenvalue weighted by molar-refractivity contribution is -1.06. The number of quaternary nitrogens is 1. The summed E-state index contributed by atoms with van der Waals surface area (Å²) in [7, 11) is -4.04. The van der Waals surface area contributed by atoms with Crippen LogP contribution in [-0.4, -0.2) is 40.4 Å². The van der Waals surface area contributed by atoms with Gasteiger partial charge in [-0.1, -0.05) is 13.5 Å². The fourth-order valence-corrected chi connectivity index (χ4v) is 5.54. The van der Waals surface area contributed by atoms with Crippen LogP contribution < -0.4 is 15.5 Å². The number of halogens is 2. The van der Waals surface area contributed by atoms with E-state index in [4.69, 9.17) is 0 Å². The number of benzene rings is 1. The summed E-state index contributed by atoms with van der Waals surface area (Å²) in [6.07, 6.45) is 3.42. The van der Waals surface area contributed by atoms with Gasteiger partial charge in [-0.3, -0.25) is 9.59 Å². The first-order valence-electron chi connectivity index (χ1n) is 11.8. The van der Waals surface area contributed by atoms with Crippen LogP contribution in [0, 0.1) is 11.0 Å². The summed E-state index contributed by atoms with van der Waals surface area (Å²) >= 11 is 0. The van der Waals surface area contributed by atoms with E-state index in [1.54, 1.807) is 6.92 Å². The number of hydroxylamine groups is 2. The maximum atomic E-state index is 14.6. The second kappa shape index (κ2) is 10.6. The van der Waals surface area contributed by atoms with E-state index in [0.717, 1.165) is 18.2 Å². The van der Waals surface area contributed by atoms with Crippen LogP contribution in [0.5, 0.6) is 0 Å². The summed E-state index contributed by atoms with van der Waals surface area (Å²) in [5, 5.41) is 19.2. The van der Waals surface area contributed by atoms with E-state index >= 15 is 0 Å². The van der Waals surface area contributed by atoms with Gasteiger partial charge in [-0.25, -0.2) is 32.4 Å². The summed E-state index contributed by atoms with van der Waals surface area (Å²) < 4.78 is 57.6. The van der Waals surface area contributed by atoms with E-state index < -0.39 is 56.2 Å². The van der Waals surface area contributed by atoms with Gasteiger partial charge in [-0.05, 0) is 49.2 Å². The molecule has 0 bridgehead atoms. The van der Waals surface area contributed by atoms with Gasteiger partial charge in [0.25, 0.3) is 11.5 Å². The first-order chi connectivity index (χ1) is 17.9. The van der Waals surface area contributed by atoms with Crippen LogP contribution in [-0.2, 0) is 16.6 Å². The maximum absolute atomic E-state index is 14.6. The molecule has 2 aromatic heterocycles. The zero-order valence-corrected chi connectivity index (χ0v) is 21.1. The van der Waals surface area contributed by atoms with E-state index in [9.17, 15) is 37.2 Å². The van der Waals surface area contributed by atoms with E-state index in [1.807, 2.05) is 4.72 Å². The number of fused-ring (bicyclic) bond motifs is 1. The second-order valence-electron chi connectivity index (χ2n) is 9.01. The number of H-pyrrole nitrogens is 1. The van der Waals surface area contributed by atoms with Gasteiger partial charge in [0, 0.05) is 40.2 Å². The minimum Gasteiger partial charge on any atom is -0.600 e. The molecule has 0 radical (unpaired) electrons. The Hall–Kier alpha value is -3.65. The zero-order chi connectivity index (χ0) is 27.8. The molecule has 0 saturated heterocycles. The van der Waals surface area contributed by atoms with Gasteiger partial charge in [-0.15, -0.1) is 0 Å². The summed E-state index contributed by atoms with van der Waals surface area (Å²) in [6.45, 7) is 4.44. The number of nitrogens with one attached hydrogen (secondary N) is 3. The van der Waals surface area contributed by atoms with Crippen molar-refractivity contribution in [3.05, 3.63) is 87.7 Å². The summed E-state index contributed by atoms with van der Waals surface area (Å²) in [5.41, 5.74) is -1.04. The highest BCUT2D eigenvalue weighted by Crippen LogP contribution is 2.36. The molecule has 4 N–H and O–H groups in total. The quantitative estimate of drug-likeness (QED) is 0.226. The molecule has 1 fully saturated rings. The molecule has 10 nitrogen and oxygen atoms in total. The maximum Gasteiger partial charge on any atom is 0.282 e. The molecule has 0 aliphatic heterocycles. The Bertz CT molecular complexity index is 1610. The van der Waals surface area contributed by atoms with Gasteiger partial charge >= 0.3 is 0 Å². The average molecular weight is 549 g/mol. The first-order valence-corrected chi connectivity index (χ1v) is 13.3. The van der Waals surface area contributed by atoms with Crippen LogP contribution in [0.15, 0.2) is 65.4 Å². The third kappa shape index (κ3) is 5.45. The lowest BCUT2D eigenvalue weighted by Crippen LogP contribution is -3.08. The van der Waals surface area contributed by atoms with Gasteiger partial charge in [0.15, 0.2) is 0 Å². The van der Waals surface area contributed by atoms with Gasteiger partial charge in [0.1, 0.15) is 23.4 Å². The van der Waals surface area contributed by atoms with E-state index in [2.05, 4.69) is 11.6 Å². The van der Waals surface area contributed by atoms with Crippen molar-refractivity contribution >= 4 is 26.8 Å². The van der Waals surface area contributed by atoms with Gasteiger partial charge in [0.2, 0.25) is 10.0 Å². The Morgan fingerprint density at radius 3 is 2.68 bits per heavy atom. The van der Waals surface area contributed by atoms with Crippen molar-refractivity contribution < 1.29 is 32.4 Å². The fraction of sp³-hybridized carbons (Fsp3) is 0.280. The minimum atomic E-state index is -4.04. The van der Waals surface area contributed by atoms with Crippen molar-refractivity contribution in [3.8, 4) is 11.1 Å². The molecule has 0 spiro atoms. The molecule has 1 aromatic carbocycles. The highest BCUT2D eigenvalue weighted by atomic mass is 32.2. The lowest BCUT2D eigenvalue weighted by Gasteiger charge is -2.21. The molecule has 1 aliphatic rings. The molecular weight excluding hydrogens is 522 g/mol. The summed E-state index contributed by atoms with van der Waals surface area (Å²) in [6, 6.07) is 5.29. The molecule has 13 heteroatoms. The molecule has 1 saturated carbocycles. The molecule has 1 amide bonds. The summed E-state index contributed by atoms with van der Waals surface area (Å²) in [4.78, 5) is 28.8. The van der Waals surface area contributed by atoms with Crippen LogP contribution in [0.3, 0.4) is 0 Å². The Morgan fingerprint density at radius 1 is 1.39 bits per heavy atom. The number of sulfonamides is 1. The van der Waals surface area contributed by atoms with E-state index in [-0.39, 0.29) is 39.7 Å². The van der Waals surface area contributed by atoms with Crippen LogP contribution >= 0.6 is 0 Å². The number of hydrogen-bond donors (Lipinski definition) is 4. The number of nitrogens with zero attached hydrogens (tertiary/aromatic N) is 1. The number of hydrogen-bond acceptors (Lipinski definition) is 6. The van der Waals surface area contributed by atoms with Crippen molar-refractivity contribution in [2.75, 3.05) is 0 Å². The van der Waals surface area contributed by atoms with Crippen molar-refractivity contribution in [1.82, 2.24) is 14.3 Å². The largest absolute Gasteiger partial charge is 0.600 e. The Morgan fingerprint density at radius 2 is 2.11 bits per heavy atom. The number of carbonyl (C=O) groups excluding carboxylic acids is 1. The van der Waals surface area contributed by atoms with Crippen molar-refractivity contribution in [1.29, 1.82) is 0 Å². The number of aromatic nitrogens is 2. The van der Waals surface area contributed by atoms with Crippen LogP contribution in [0.2, 0.25) is 0 Å². The Kier molecular flexibility index (Phi) is 7.65. The molecule has 3 aromatic rings. The molecule has 38 heavy (non-hydrogen) atoms. The summed E-state index contributed by atoms with van der Waals surface area (Å²) in [5.74, 6) is -2.76. The number of aromatic amines is 1. The second-order valence-corrected chi connectivity index (χ2v) is 11.0. The third-order valence-corrected chi connectivity index (χ3v) is 8.18. The predicted molar refractivity (Wildman–Crippen MR) is 136 cm³/mol. The molecular formula is C25H26F2N4O6S.